The molecular formula is C20H20Br2ClNO3S. The van der Waals surface area contributed by atoms with Crippen LogP contribution in [0.5, 0.6) is 0 Å². The van der Waals surface area contributed by atoms with Crippen molar-refractivity contribution in [1.82, 2.24) is 4.31 Å². The maximum absolute atomic E-state index is 12.9. The van der Waals surface area contributed by atoms with Gasteiger partial charge in [-0.25, -0.2) is 8.42 Å². The largest absolute Gasteiger partial charge is 0.299 e. The lowest BCUT2D eigenvalue weighted by Crippen LogP contribution is -2.40. The molecule has 0 saturated carbocycles. The first-order chi connectivity index (χ1) is 13.3. The van der Waals surface area contributed by atoms with E-state index in [-0.39, 0.29) is 16.6 Å². The number of hydrogen-bond donors (Lipinski definition) is 0. The minimum absolute atomic E-state index is 0.0759. The summed E-state index contributed by atoms with van der Waals surface area (Å²) in [6.07, 6.45) is 2.28. The fourth-order valence-corrected chi connectivity index (χ4v) is 6.63. The number of piperidine rings is 1. The predicted molar refractivity (Wildman–Crippen MR) is 118 cm³/mol. The highest BCUT2D eigenvalue weighted by molar-refractivity contribution is 9.11. The summed E-state index contributed by atoms with van der Waals surface area (Å²) in [7, 11) is -3.57. The van der Waals surface area contributed by atoms with Crippen LogP contribution in [0.1, 0.15) is 24.8 Å². The van der Waals surface area contributed by atoms with E-state index in [2.05, 4.69) is 31.9 Å². The molecule has 0 spiro atoms. The lowest BCUT2D eigenvalue weighted by atomic mass is 9.90. The number of nitrogens with zero attached hydrogens (tertiary/aromatic N) is 1. The Morgan fingerprint density at radius 2 is 1.61 bits per heavy atom. The second-order valence-electron chi connectivity index (χ2n) is 6.88. The van der Waals surface area contributed by atoms with Gasteiger partial charge in [-0.05, 0) is 55.2 Å². The molecule has 0 unspecified atom stereocenters. The van der Waals surface area contributed by atoms with E-state index in [4.69, 9.17) is 11.6 Å². The Balaban J connectivity index is 1.57. The number of Topliss-reactive ketones (excluding diaryl/α,β-unsaturated/α-hetero) is 1. The van der Waals surface area contributed by atoms with Crippen LogP contribution in [0.3, 0.4) is 0 Å². The first-order valence-corrected chi connectivity index (χ1v) is 12.4. The Bertz CT molecular complexity index is 936. The molecular weight excluding hydrogens is 530 g/mol. The summed E-state index contributed by atoms with van der Waals surface area (Å²) in [5.41, 5.74) is 1.08. The van der Waals surface area contributed by atoms with Crippen LogP contribution in [0.25, 0.3) is 0 Å². The lowest BCUT2D eigenvalue weighted by molar-refractivity contribution is -0.123. The molecule has 1 aliphatic rings. The van der Waals surface area contributed by atoms with Gasteiger partial charge in [-0.2, -0.15) is 4.31 Å². The average Bonchev–Trinajstić information content (AvgIpc) is 2.66. The highest BCUT2D eigenvalue weighted by atomic mass is 79.9. The van der Waals surface area contributed by atoms with Crippen LogP contribution < -0.4 is 0 Å². The second kappa shape index (κ2) is 9.39. The number of ketones is 1. The van der Waals surface area contributed by atoms with Gasteiger partial charge in [0.1, 0.15) is 5.78 Å². The van der Waals surface area contributed by atoms with Gasteiger partial charge in [0.05, 0.1) is 4.90 Å². The van der Waals surface area contributed by atoms with Crippen LogP contribution in [0.2, 0.25) is 5.02 Å². The van der Waals surface area contributed by atoms with Crippen molar-refractivity contribution in [1.29, 1.82) is 0 Å². The molecule has 0 N–H and O–H groups in total. The van der Waals surface area contributed by atoms with Gasteiger partial charge in [0.25, 0.3) is 0 Å². The van der Waals surface area contributed by atoms with Gasteiger partial charge in [-0.3, -0.25) is 4.79 Å². The van der Waals surface area contributed by atoms with Crippen molar-refractivity contribution in [2.45, 2.75) is 30.6 Å². The molecule has 0 aromatic heterocycles. The molecule has 1 fully saturated rings. The van der Waals surface area contributed by atoms with Gasteiger partial charge in [0, 0.05) is 39.4 Å². The molecule has 8 heteroatoms. The number of sulfonamides is 1. The van der Waals surface area contributed by atoms with Crippen LogP contribution in [0, 0.1) is 5.92 Å². The molecule has 0 bridgehead atoms. The van der Waals surface area contributed by atoms with Crippen molar-refractivity contribution in [3.8, 4) is 0 Å². The minimum atomic E-state index is -3.57. The number of halogens is 3. The van der Waals surface area contributed by atoms with Crippen LogP contribution in [-0.2, 0) is 21.2 Å². The normalized spacial score (nSPS) is 16.2. The zero-order valence-electron chi connectivity index (χ0n) is 15.1. The summed E-state index contributed by atoms with van der Waals surface area (Å²) in [6.45, 7) is 0.730. The fraction of sp³-hybridized carbons (Fsp3) is 0.350. The van der Waals surface area contributed by atoms with Gasteiger partial charge in [0.2, 0.25) is 10.0 Å². The van der Waals surface area contributed by atoms with Crippen molar-refractivity contribution >= 4 is 59.3 Å². The molecule has 28 heavy (non-hydrogen) atoms. The van der Waals surface area contributed by atoms with E-state index >= 15 is 0 Å². The summed E-state index contributed by atoms with van der Waals surface area (Å²) in [5, 5.41) is 0.682. The topological polar surface area (TPSA) is 54.5 Å². The van der Waals surface area contributed by atoms with Crippen LogP contribution in [0.15, 0.2) is 56.3 Å². The van der Waals surface area contributed by atoms with Crippen LogP contribution in [-0.4, -0.2) is 31.6 Å². The molecule has 1 saturated heterocycles. The summed E-state index contributed by atoms with van der Waals surface area (Å²) in [6, 6.07) is 12.5. The Labute approximate surface area is 187 Å². The summed E-state index contributed by atoms with van der Waals surface area (Å²) < 4.78 is 28.7. The standard InChI is InChI=1S/C20H20Br2ClNO3S/c21-16-11-17(22)13-19(12-16)28(26,27)24-9-7-15(8-10-24)20(25)6-3-14-1-4-18(23)5-2-14/h1-2,4-5,11-13,15H,3,6-10H2. The van der Waals surface area contributed by atoms with Crippen molar-refractivity contribution < 1.29 is 13.2 Å². The quantitative estimate of drug-likeness (QED) is 0.480. The first kappa shape index (κ1) is 22.0. The van der Waals surface area contributed by atoms with Crippen molar-refractivity contribution in [3.63, 3.8) is 0 Å². The molecule has 0 radical (unpaired) electrons. The van der Waals surface area contributed by atoms with E-state index in [9.17, 15) is 13.2 Å². The maximum atomic E-state index is 12.9. The van der Waals surface area contributed by atoms with Gasteiger partial charge >= 0.3 is 0 Å². The van der Waals surface area contributed by atoms with Crippen molar-refractivity contribution in [3.05, 3.63) is 62.0 Å². The Kier molecular flexibility index (Phi) is 7.37. The average molecular weight is 550 g/mol. The molecule has 0 atom stereocenters. The van der Waals surface area contributed by atoms with Crippen LogP contribution >= 0.6 is 43.5 Å². The summed E-state index contributed by atoms with van der Waals surface area (Å²) in [5.74, 6) is 0.130. The van der Waals surface area contributed by atoms with Crippen molar-refractivity contribution in [2.75, 3.05) is 13.1 Å². The highest BCUT2D eigenvalue weighted by Gasteiger charge is 2.32. The number of aryl methyl sites for hydroxylation is 1. The number of rotatable bonds is 6. The molecule has 2 aromatic carbocycles. The molecule has 4 nitrogen and oxygen atoms in total. The third-order valence-electron chi connectivity index (χ3n) is 4.96. The van der Waals surface area contributed by atoms with Crippen molar-refractivity contribution in [2.24, 2.45) is 5.92 Å². The van der Waals surface area contributed by atoms with E-state index in [1.54, 1.807) is 18.2 Å². The van der Waals surface area contributed by atoms with Gasteiger partial charge in [-0.15, -0.1) is 0 Å². The predicted octanol–water partition coefficient (Wildman–Crippen LogP) is 5.47. The van der Waals surface area contributed by atoms with Gasteiger partial charge in [0.15, 0.2) is 0 Å². The summed E-state index contributed by atoms with van der Waals surface area (Å²) >= 11 is 12.5. The highest BCUT2D eigenvalue weighted by Crippen LogP contribution is 2.29. The van der Waals surface area contributed by atoms with Crippen LogP contribution in [0.4, 0.5) is 0 Å². The minimum Gasteiger partial charge on any atom is -0.299 e. The number of hydrogen-bond acceptors (Lipinski definition) is 3. The van der Waals surface area contributed by atoms with Gasteiger partial charge in [-0.1, -0.05) is 55.6 Å². The third kappa shape index (κ3) is 5.45. The monoisotopic (exact) mass is 547 g/mol. The maximum Gasteiger partial charge on any atom is 0.243 e. The SMILES string of the molecule is O=C(CCc1ccc(Cl)cc1)C1CCN(S(=O)(=O)c2cc(Br)cc(Br)c2)CC1. The van der Waals surface area contributed by atoms with E-state index in [0.717, 1.165) is 5.56 Å². The molecule has 1 aliphatic heterocycles. The van der Waals surface area contributed by atoms with Gasteiger partial charge < -0.3 is 0 Å². The number of carbonyl (C=O) groups is 1. The smallest absolute Gasteiger partial charge is 0.243 e. The first-order valence-electron chi connectivity index (χ1n) is 8.99. The third-order valence-corrected chi connectivity index (χ3v) is 8.00. The van der Waals surface area contributed by atoms with E-state index in [1.807, 2.05) is 24.3 Å². The number of carbonyl (C=O) groups excluding carboxylic acids is 1. The summed E-state index contributed by atoms with van der Waals surface area (Å²) in [4.78, 5) is 12.8. The second-order valence-corrected chi connectivity index (χ2v) is 11.1. The number of benzene rings is 2. The fourth-order valence-electron chi connectivity index (χ4n) is 3.37. The zero-order chi connectivity index (χ0) is 20.3. The van der Waals surface area contributed by atoms with E-state index in [0.29, 0.717) is 52.7 Å². The van der Waals surface area contributed by atoms with E-state index in [1.165, 1.54) is 4.31 Å². The van der Waals surface area contributed by atoms with E-state index < -0.39 is 10.0 Å². The molecule has 2 aromatic rings. The zero-order valence-corrected chi connectivity index (χ0v) is 19.8. The Morgan fingerprint density at radius 3 is 2.18 bits per heavy atom. The Morgan fingerprint density at radius 1 is 1.04 bits per heavy atom. The lowest BCUT2D eigenvalue weighted by Gasteiger charge is -2.30. The molecule has 3 rings (SSSR count). The molecule has 0 aliphatic carbocycles. The Hall–Kier alpha value is -0.730. The molecule has 0 amide bonds. The molecule has 150 valence electrons. The molecule has 1 heterocycles.